The van der Waals surface area contributed by atoms with Crippen LogP contribution in [-0.4, -0.2) is 41.6 Å². The molecule has 2 N–H and O–H groups in total. The zero-order valence-electron chi connectivity index (χ0n) is 12.6. The van der Waals surface area contributed by atoms with Crippen molar-refractivity contribution in [2.24, 2.45) is 16.8 Å². The summed E-state index contributed by atoms with van der Waals surface area (Å²) < 4.78 is 13.3. The predicted molar refractivity (Wildman–Crippen MR) is 80.9 cm³/mol. The fourth-order valence-electron chi connectivity index (χ4n) is 2.94. The van der Waals surface area contributed by atoms with Crippen LogP contribution in [0, 0.1) is 11.7 Å². The largest absolute Gasteiger partial charge is 0.382 e. The van der Waals surface area contributed by atoms with Crippen molar-refractivity contribution >= 4 is 17.5 Å². The Kier molecular flexibility index (Phi) is 4.27. The SMILES string of the molecule is NC(=O)C1CCN(C(=O)[C@H]2CC(c3cccc(F)c3)=NO2)CC1. The van der Waals surface area contributed by atoms with Crippen LogP contribution in [-0.2, 0) is 14.4 Å². The molecule has 6 nitrogen and oxygen atoms in total. The number of nitrogens with zero attached hydrogens (tertiary/aromatic N) is 2. The molecular formula is C16H18FN3O3. The number of hydrogen-bond donors (Lipinski definition) is 1. The van der Waals surface area contributed by atoms with Crippen LogP contribution in [0.15, 0.2) is 29.4 Å². The van der Waals surface area contributed by atoms with Gasteiger partial charge in [0.25, 0.3) is 5.91 Å². The average molecular weight is 319 g/mol. The van der Waals surface area contributed by atoms with Gasteiger partial charge in [-0.25, -0.2) is 4.39 Å². The third-order valence-electron chi connectivity index (χ3n) is 4.31. The minimum Gasteiger partial charge on any atom is -0.382 e. The number of benzene rings is 1. The fourth-order valence-corrected chi connectivity index (χ4v) is 2.94. The van der Waals surface area contributed by atoms with Gasteiger partial charge < -0.3 is 15.5 Å². The van der Waals surface area contributed by atoms with E-state index in [1.165, 1.54) is 12.1 Å². The molecule has 1 saturated heterocycles. The third kappa shape index (κ3) is 3.33. The molecule has 2 heterocycles. The number of likely N-dealkylation sites (tertiary alicyclic amines) is 1. The van der Waals surface area contributed by atoms with E-state index in [4.69, 9.17) is 10.6 Å². The van der Waals surface area contributed by atoms with Crippen LogP contribution < -0.4 is 5.73 Å². The van der Waals surface area contributed by atoms with Gasteiger partial charge in [0.15, 0.2) is 0 Å². The van der Waals surface area contributed by atoms with Gasteiger partial charge in [-0.15, -0.1) is 0 Å². The highest BCUT2D eigenvalue weighted by Gasteiger charge is 2.34. The van der Waals surface area contributed by atoms with E-state index in [9.17, 15) is 14.0 Å². The molecule has 0 unspecified atom stereocenters. The van der Waals surface area contributed by atoms with Gasteiger partial charge in [0, 0.05) is 31.0 Å². The minimum absolute atomic E-state index is 0.150. The lowest BCUT2D eigenvalue weighted by Gasteiger charge is -2.31. The van der Waals surface area contributed by atoms with Gasteiger partial charge in [0.1, 0.15) is 5.82 Å². The highest BCUT2D eigenvalue weighted by atomic mass is 19.1. The second-order valence-electron chi connectivity index (χ2n) is 5.85. The van der Waals surface area contributed by atoms with E-state index in [1.807, 2.05) is 0 Å². The van der Waals surface area contributed by atoms with E-state index in [0.29, 0.717) is 43.6 Å². The Morgan fingerprint density at radius 2 is 2.04 bits per heavy atom. The summed E-state index contributed by atoms with van der Waals surface area (Å²) in [5.74, 6) is -0.981. The molecule has 122 valence electrons. The molecule has 2 aliphatic heterocycles. The van der Waals surface area contributed by atoms with Crippen molar-refractivity contribution in [2.45, 2.75) is 25.4 Å². The van der Waals surface area contributed by atoms with Gasteiger partial charge in [-0.05, 0) is 25.0 Å². The number of carbonyl (C=O) groups excluding carboxylic acids is 2. The zero-order chi connectivity index (χ0) is 16.4. The first-order valence-electron chi connectivity index (χ1n) is 7.61. The van der Waals surface area contributed by atoms with Crippen molar-refractivity contribution in [3.63, 3.8) is 0 Å². The number of nitrogens with two attached hydrogens (primary N) is 1. The highest BCUT2D eigenvalue weighted by Crippen LogP contribution is 2.22. The molecule has 0 saturated carbocycles. The molecule has 0 bridgehead atoms. The Morgan fingerprint density at radius 3 is 2.70 bits per heavy atom. The summed E-state index contributed by atoms with van der Waals surface area (Å²) in [7, 11) is 0. The maximum absolute atomic E-state index is 13.3. The number of primary amides is 1. The standard InChI is InChI=1S/C16H18FN3O3/c17-12-3-1-2-11(8-12)13-9-14(23-19-13)16(22)20-6-4-10(5-7-20)15(18)21/h1-3,8,10,14H,4-7,9H2,(H2,18,21)/t14-/m1/s1. The summed E-state index contributed by atoms with van der Waals surface area (Å²) in [5.41, 5.74) is 6.47. The summed E-state index contributed by atoms with van der Waals surface area (Å²) in [6, 6.07) is 6.05. The number of rotatable bonds is 3. The van der Waals surface area contributed by atoms with Crippen LogP contribution in [0.25, 0.3) is 0 Å². The normalized spacial score (nSPS) is 21.7. The second kappa shape index (κ2) is 6.36. The molecule has 3 rings (SSSR count). The van der Waals surface area contributed by atoms with Crippen LogP contribution in [0.1, 0.15) is 24.8 Å². The first-order valence-corrected chi connectivity index (χ1v) is 7.61. The second-order valence-corrected chi connectivity index (χ2v) is 5.85. The molecule has 0 spiro atoms. The molecule has 2 amide bonds. The maximum Gasteiger partial charge on any atom is 0.266 e. The number of piperidine rings is 1. The monoisotopic (exact) mass is 319 g/mol. The van der Waals surface area contributed by atoms with E-state index >= 15 is 0 Å². The Bertz CT molecular complexity index is 654. The third-order valence-corrected chi connectivity index (χ3v) is 4.31. The lowest BCUT2D eigenvalue weighted by Crippen LogP contribution is -2.45. The first-order chi connectivity index (χ1) is 11.0. The van der Waals surface area contributed by atoms with Crippen molar-refractivity contribution in [1.82, 2.24) is 4.90 Å². The molecule has 1 fully saturated rings. The Morgan fingerprint density at radius 1 is 1.30 bits per heavy atom. The predicted octanol–water partition coefficient (Wildman–Crippen LogP) is 1.04. The first kappa shape index (κ1) is 15.5. The van der Waals surface area contributed by atoms with Crippen molar-refractivity contribution < 1.29 is 18.8 Å². The molecule has 0 aromatic heterocycles. The highest BCUT2D eigenvalue weighted by molar-refractivity contribution is 6.04. The van der Waals surface area contributed by atoms with Crippen molar-refractivity contribution in [2.75, 3.05) is 13.1 Å². The summed E-state index contributed by atoms with van der Waals surface area (Å²) in [6.07, 6.45) is 0.785. The summed E-state index contributed by atoms with van der Waals surface area (Å²) in [4.78, 5) is 30.5. The lowest BCUT2D eigenvalue weighted by molar-refractivity contribution is -0.144. The lowest BCUT2D eigenvalue weighted by atomic mass is 9.95. The summed E-state index contributed by atoms with van der Waals surface area (Å²) in [5, 5.41) is 3.92. The Hall–Kier alpha value is -2.44. The van der Waals surface area contributed by atoms with Crippen molar-refractivity contribution in [1.29, 1.82) is 0 Å². The number of amides is 2. The van der Waals surface area contributed by atoms with Gasteiger partial charge in [-0.1, -0.05) is 17.3 Å². The quantitative estimate of drug-likeness (QED) is 0.903. The minimum atomic E-state index is -0.682. The smallest absolute Gasteiger partial charge is 0.266 e. The van der Waals surface area contributed by atoms with Crippen LogP contribution in [0.3, 0.4) is 0 Å². The van der Waals surface area contributed by atoms with Gasteiger partial charge in [-0.2, -0.15) is 0 Å². The van der Waals surface area contributed by atoms with Crippen molar-refractivity contribution in [3.05, 3.63) is 35.6 Å². The van der Waals surface area contributed by atoms with E-state index in [2.05, 4.69) is 5.16 Å². The fraction of sp³-hybridized carbons (Fsp3) is 0.438. The van der Waals surface area contributed by atoms with Gasteiger partial charge in [0.05, 0.1) is 5.71 Å². The van der Waals surface area contributed by atoms with E-state index in [1.54, 1.807) is 17.0 Å². The van der Waals surface area contributed by atoms with E-state index in [-0.39, 0.29) is 23.5 Å². The molecule has 2 aliphatic rings. The van der Waals surface area contributed by atoms with Crippen LogP contribution in [0.2, 0.25) is 0 Å². The number of halogens is 1. The molecular weight excluding hydrogens is 301 g/mol. The molecule has 23 heavy (non-hydrogen) atoms. The van der Waals surface area contributed by atoms with Crippen LogP contribution in [0.5, 0.6) is 0 Å². The zero-order valence-corrected chi connectivity index (χ0v) is 12.6. The topological polar surface area (TPSA) is 85.0 Å². The Balaban J connectivity index is 1.58. The molecule has 1 aromatic rings. The number of carbonyl (C=O) groups is 2. The van der Waals surface area contributed by atoms with Gasteiger partial charge in [-0.3, -0.25) is 9.59 Å². The summed E-state index contributed by atoms with van der Waals surface area (Å²) in [6.45, 7) is 0.975. The number of oxime groups is 1. The molecule has 0 radical (unpaired) electrons. The maximum atomic E-state index is 13.3. The van der Waals surface area contributed by atoms with E-state index < -0.39 is 6.10 Å². The van der Waals surface area contributed by atoms with Crippen LogP contribution in [0.4, 0.5) is 4.39 Å². The molecule has 1 aromatic carbocycles. The van der Waals surface area contributed by atoms with E-state index in [0.717, 1.165) is 0 Å². The molecule has 0 aliphatic carbocycles. The summed E-state index contributed by atoms with van der Waals surface area (Å²) >= 11 is 0. The van der Waals surface area contributed by atoms with Crippen LogP contribution >= 0.6 is 0 Å². The Labute approximate surface area is 133 Å². The number of hydrogen-bond acceptors (Lipinski definition) is 4. The van der Waals surface area contributed by atoms with Gasteiger partial charge >= 0.3 is 0 Å². The molecule has 7 heteroatoms. The average Bonchev–Trinajstić information content (AvgIpc) is 3.04. The molecule has 1 atom stereocenters. The van der Waals surface area contributed by atoms with Crippen molar-refractivity contribution in [3.8, 4) is 0 Å². The van der Waals surface area contributed by atoms with Gasteiger partial charge in [0.2, 0.25) is 12.0 Å².